The zero-order valence-electron chi connectivity index (χ0n) is 5.74. The molecule has 5 N–H and O–H groups in total. The normalized spacial score (nSPS) is 9.40. The summed E-state index contributed by atoms with van der Waals surface area (Å²) in [4.78, 5) is 9.76. The van der Waals surface area contributed by atoms with Crippen LogP contribution in [0.5, 0.6) is 0 Å². The van der Waals surface area contributed by atoms with Gasteiger partial charge in [-0.15, -0.1) is 0 Å². The first-order valence-electron chi connectivity index (χ1n) is 2.36. The van der Waals surface area contributed by atoms with Crippen LogP contribution in [0, 0.1) is 0 Å². The van der Waals surface area contributed by atoms with Crippen molar-refractivity contribution in [2.75, 3.05) is 7.05 Å². The molecular formula is C4H11NO5. The lowest BCUT2D eigenvalue weighted by atomic mass is 10.8. The molecule has 62 valence electrons. The van der Waals surface area contributed by atoms with E-state index in [0.717, 1.165) is 6.92 Å². The summed E-state index contributed by atoms with van der Waals surface area (Å²) in [5, 5.41) is 23.6. The van der Waals surface area contributed by atoms with Crippen LogP contribution >= 0.6 is 0 Å². The summed E-state index contributed by atoms with van der Waals surface area (Å²) in [6.07, 6.45) is -3.33. The van der Waals surface area contributed by atoms with E-state index < -0.39 is 12.1 Å². The van der Waals surface area contributed by atoms with Gasteiger partial charge in [-0.3, -0.25) is 4.79 Å². The highest BCUT2D eigenvalue weighted by Crippen LogP contribution is 1.93. The Morgan fingerprint density at radius 2 is 1.70 bits per heavy atom. The van der Waals surface area contributed by atoms with Gasteiger partial charge in [0.2, 0.25) is 0 Å². The monoisotopic (exact) mass is 153 g/mol. The fraction of sp³-hybridized carbons (Fsp3) is 0.750. The molecule has 0 aliphatic rings. The minimum Gasteiger partial charge on any atom is -0.385 e. The van der Waals surface area contributed by atoms with Crippen molar-refractivity contribution in [1.82, 2.24) is 0 Å². The third-order valence-electron chi connectivity index (χ3n) is 0.281. The molecule has 6 heteroatoms. The summed E-state index contributed by atoms with van der Waals surface area (Å²) in [7, 11) is 1.50. The van der Waals surface area contributed by atoms with Gasteiger partial charge < -0.3 is 25.8 Å². The predicted molar refractivity (Wildman–Crippen MR) is 31.3 cm³/mol. The molecule has 0 rings (SSSR count). The highest BCUT2D eigenvalue weighted by Gasteiger charge is 2.21. The predicted octanol–water partition coefficient (Wildman–Crippen LogP) is -2.29. The SMILES string of the molecule is CC(=O)OC(O)(O)O.CN. The van der Waals surface area contributed by atoms with Crippen molar-refractivity contribution in [3.05, 3.63) is 0 Å². The van der Waals surface area contributed by atoms with Crippen LogP contribution in [-0.4, -0.2) is 34.5 Å². The second-order valence-corrected chi connectivity index (χ2v) is 1.17. The van der Waals surface area contributed by atoms with E-state index in [9.17, 15) is 4.79 Å². The molecular weight excluding hydrogens is 142 g/mol. The molecule has 6 nitrogen and oxygen atoms in total. The standard InChI is InChI=1S/C3H6O5.CH5N/c1-2(4)8-3(5,6)7;1-2/h5-7H,1H3;2H2,1H3. The molecule has 10 heavy (non-hydrogen) atoms. The number of rotatable bonds is 1. The van der Waals surface area contributed by atoms with Crippen LogP contribution in [0.25, 0.3) is 0 Å². The molecule has 0 atom stereocenters. The van der Waals surface area contributed by atoms with E-state index in [0.29, 0.717) is 0 Å². The van der Waals surface area contributed by atoms with Gasteiger partial charge in [-0.25, -0.2) is 0 Å². The van der Waals surface area contributed by atoms with Crippen molar-refractivity contribution in [3.63, 3.8) is 0 Å². The molecule has 0 spiro atoms. The minimum atomic E-state index is -3.33. The van der Waals surface area contributed by atoms with Gasteiger partial charge in [0.25, 0.3) is 0 Å². The van der Waals surface area contributed by atoms with E-state index in [-0.39, 0.29) is 0 Å². The zero-order chi connectivity index (χ0) is 8.78. The van der Waals surface area contributed by atoms with E-state index in [2.05, 4.69) is 10.5 Å². The minimum absolute atomic E-state index is 0.928. The Kier molecular flexibility index (Phi) is 6.16. The molecule has 0 fully saturated rings. The van der Waals surface area contributed by atoms with Crippen molar-refractivity contribution in [3.8, 4) is 0 Å². The number of hydrogen-bond acceptors (Lipinski definition) is 6. The molecule has 0 aromatic heterocycles. The highest BCUT2D eigenvalue weighted by atomic mass is 16.9. The van der Waals surface area contributed by atoms with Crippen molar-refractivity contribution in [1.29, 1.82) is 0 Å². The second kappa shape index (κ2) is 5.12. The topological polar surface area (TPSA) is 113 Å². The summed E-state index contributed by atoms with van der Waals surface area (Å²) >= 11 is 0. The Labute approximate surface area is 57.8 Å². The Morgan fingerprint density at radius 1 is 1.40 bits per heavy atom. The number of carbonyl (C=O) groups excluding carboxylic acids is 1. The Balaban J connectivity index is 0. The van der Waals surface area contributed by atoms with Gasteiger partial charge in [0, 0.05) is 6.92 Å². The van der Waals surface area contributed by atoms with Gasteiger partial charge in [-0.1, -0.05) is 0 Å². The first-order valence-corrected chi connectivity index (χ1v) is 2.36. The van der Waals surface area contributed by atoms with Crippen LogP contribution in [0.4, 0.5) is 0 Å². The van der Waals surface area contributed by atoms with Crippen LogP contribution < -0.4 is 5.73 Å². The largest absolute Gasteiger partial charge is 0.455 e. The first-order chi connectivity index (χ1) is 4.42. The molecule has 0 aromatic carbocycles. The molecule has 0 heterocycles. The summed E-state index contributed by atoms with van der Waals surface area (Å²) < 4.78 is 3.47. The fourth-order valence-corrected chi connectivity index (χ4v) is 0.193. The molecule has 0 bridgehead atoms. The highest BCUT2D eigenvalue weighted by molar-refractivity contribution is 5.66. The van der Waals surface area contributed by atoms with Crippen LogP contribution in [-0.2, 0) is 9.53 Å². The Hall–Kier alpha value is -0.690. The Bertz CT molecular complexity index is 96.3. The van der Waals surface area contributed by atoms with Crippen LogP contribution in [0.2, 0.25) is 0 Å². The maximum Gasteiger partial charge on any atom is 0.455 e. The summed E-state index contributed by atoms with van der Waals surface area (Å²) in [5.41, 5.74) is 4.50. The van der Waals surface area contributed by atoms with E-state index in [1.165, 1.54) is 7.05 Å². The first kappa shape index (κ1) is 12.0. The van der Waals surface area contributed by atoms with Crippen molar-refractivity contribution in [2.24, 2.45) is 5.73 Å². The van der Waals surface area contributed by atoms with Gasteiger partial charge in [0.1, 0.15) is 0 Å². The summed E-state index contributed by atoms with van der Waals surface area (Å²) in [5.74, 6) is -0.975. The molecule has 0 saturated carbocycles. The Morgan fingerprint density at radius 3 is 1.70 bits per heavy atom. The number of ether oxygens (including phenoxy) is 1. The van der Waals surface area contributed by atoms with E-state index in [1.54, 1.807) is 0 Å². The molecule has 0 saturated heterocycles. The van der Waals surface area contributed by atoms with Crippen LogP contribution in [0.1, 0.15) is 6.92 Å². The van der Waals surface area contributed by atoms with Gasteiger partial charge in [-0.05, 0) is 7.05 Å². The van der Waals surface area contributed by atoms with Crippen molar-refractivity contribution < 1.29 is 24.9 Å². The number of nitrogens with two attached hydrogens (primary N) is 1. The second-order valence-electron chi connectivity index (χ2n) is 1.17. The van der Waals surface area contributed by atoms with Gasteiger partial charge in [0.05, 0.1) is 0 Å². The third-order valence-corrected chi connectivity index (χ3v) is 0.281. The van der Waals surface area contributed by atoms with E-state index in [1.807, 2.05) is 0 Å². The molecule has 0 amide bonds. The van der Waals surface area contributed by atoms with Gasteiger partial charge >= 0.3 is 12.1 Å². The number of esters is 1. The average Bonchev–Trinajstić information content (AvgIpc) is 1.64. The van der Waals surface area contributed by atoms with Crippen LogP contribution in [0.15, 0.2) is 0 Å². The van der Waals surface area contributed by atoms with E-state index >= 15 is 0 Å². The van der Waals surface area contributed by atoms with E-state index in [4.69, 9.17) is 15.3 Å². The zero-order valence-corrected chi connectivity index (χ0v) is 5.74. The summed E-state index contributed by atoms with van der Waals surface area (Å²) in [6, 6.07) is 0. The van der Waals surface area contributed by atoms with Crippen molar-refractivity contribution in [2.45, 2.75) is 13.1 Å². The molecule has 0 aromatic rings. The number of hydrogen-bond donors (Lipinski definition) is 4. The maximum absolute atomic E-state index is 9.76. The number of carbonyl (C=O) groups is 1. The molecule has 0 unspecified atom stereocenters. The molecule has 0 aliphatic heterocycles. The maximum atomic E-state index is 9.76. The lowest BCUT2D eigenvalue weighted by Gasteiger charge is -2.10. The van der Waals surface area contributed by atoms with Gasteiger partial charge in [0.15, 0.2) is 0 Å². The lowest BCUT2D eigenvalue weighted by molar-refractivity contribution is -0.434. The molecule has 0 aliphatic carbocycles. The summed E-state index contributed by atoms with van der Waals surface area (Å²) in [6.45, 7) is 0.928. The van der Waals surface area contributed by atoms with Gasteiger partial charge in [-0.2, -0.15) is 0 Å². The third kappa shape index (κ3) is 15.7. The van der Waals surface area contributed by atoms with Crippen LogP contribution in [0.3, 0.4) is 0 Å². The quantitative estimate of drug-likeness (QED) is 0.249. The lowest BCUT2D eigenvalue weighted by Crippen LogP contribution is -2.32. The number of aliphatic hydroxyl groups is 3. The smallest absolute Gasteiger partial charge is 0.385 e. The molecule has 0 radical (unpaired) electrons. The van der Waals surface area contributed by atoms with Crippen molar-refractivity contribution >= 4 is 5.97 Å². The average molecular weight is 153 g/mol. The fourth-order valence-electron chi connectivity index (χ4n) is 0.193.